The van der Waals surface area contributed by atoms with E-state index < -0.39 is 7.29 Å². The van der Waals surface area contributed by atoms with E-state index in [2.05, 4.69) is 5.92 Å². The predicted octanol–water partition coefficient (Wildman–Crippen LogP) is 1.87. The molecule has 0 aliphatic carbocycles. The Bertz CT molecular complexity index is 241. The fourth-order valence-electron chi connectivity index (χ4n) is 1.61. The minimum Gasteiger partial charge on any atom is -0.307 e. The van der Waals surface area contributed by atoms with Crippen molar-refractivity contribution < 1.29 is 4.57 Å². The smallest absolute Gasteiger partial charge is 0.151 e. The Morgan fingerprint density at radius 3 is 2.75 bits per heavy atom. The van der Waals surface area contributed by atoms with Gasteiger partial charge in [0.25, 0.3) is 0 Å². The molecule has 1 rings (SSSR count). The van der Waals surface area contributed by atoms with E-state index in [0.717, 1.165) is 25.2 Å². The number of nitrogens with zero attached hydrogens (tertiary/aromatic N) is 1. The highest BCUT2D eigenvalue weighted by atomic mass is 31.2. The Balaban J connectivity index is 2.69. The number of hydrogen-bond acceptors (Lipinski definition) is 1. The summed E-state index contributed by atoms with van der Waals surface area (Å²) < 4.78 is 14.0. The van der Waals surface area contributed by atoms with Gasteiger partial charge in [0.05, 0.1) is 0 Å². The van der Waals surface area contributed by atoms with Gasteiger partial charge < -0.3 is 4.57 Å². The molecule has 12 heavy (non-hydrogen) atoms. The molecule has 3 heteroatoms. The van der Waals surface area contributed by atoms with E-state index in [4.69, 9.17) is 6.42 Å². The number of terminal acetylenes is 1. The normalized spacial score (nSPS) is 36.3. The second-order valence-electron chi connectivity index (χ2n) is 3.61. The summed E-state index contributed by atoms with van der Waals surface area (Å²) in [5.41, 5.74) is 0. The summed E-state index contributed by atoms with van der Waals surface area (Å²) in [7, 11) is 1.71. The molecule has 0 N–H and O–H groups in total. The first-order chi connectivity index (χ1) is 5.58. The maximum absolute atomic E-state index is 12.1. The van der Waals surface area contributed by atoms with Crippen LogP contribution in [0.25, 0.3) is 0 Å². The van der Waals surface area contributed by atoms with Crippen molar-refractivity contribution in [1.29, 1.82) is 0 Å². The Hall–Kier alpha value is -0.250. The SMILES string of the molecule is C#CC1CCCP(=O)(N(C)C)C1. The lowest BCUT2D eigenvalue weighted by atomic mass is 10.1. The Morgan fingerprint density at radius 2 is 2.25 bits per heavy atom. The summed E-state index contributed by atoms with van der Waals surface area (Å²) in [5, 5.41) is 0. The third kappa shape index (κ3) is 1.91. The zero-order valence-electron chi connectivity index (χ0n) is 7.79. The Kier molecular flexibility index (Phi) is 2.99. The van der Waals surface area contributed by atoms with E-state index in [1.54, 1.807) is 0 Å². The van der Waals surface area contributed by atoms with Crippen molar-refractivity contribution in [3.63, 3.8) is 0 Å². The van der Waals surface area contributed by atoms with E-state index in [1.807, 2.05) is 18.8 Å². The summed E-state index contributed by atoms with van der Waals surface area (Å²) >= 11 is 0. The summed E-state index contributed by atoms with van der Waals surface area (Å²) in [6.45, 7) is 0. The van der Waals surface area contributed by atoms with Gasteiger partial charge in [-0.1, -0.05) is 0 Å². The molecule has 2 nitrogen and oxygen atoms in total. The van der Waals surface area contributed by atoms with Crippen molar-refractivity contribution in [3.05, 3.63) is 0 Å². The lowest BCUT2D eigenvalue weighted by Gasteiger charge is -2.31. The maximum atomic E-state index is 12.1. The Labute approximate surface area is 74.8 Å². The number of rotatable bonds is 1. The summed E-state index contributed by atoms with van der Waals surface area (Å²) in [6.07, 6.45) is 8.97. The minimum atomic E-state index is -2.07. The molecule has 2 atom stereocenters. The van der Waals surface area contributed by atoms with Gasteiger partial charge in [-0.25, -0.2) is 0 Å². The lowest BCUT2D eigenvalue weighted by molar-refractivity contribution is 0.483. The molecule has 0 amide bonds. The zero-order valence-corrected chi connectivity index (χ0v) is 8.68. The summed E-state index contributed by atoms with van der Waals surface area (Å²) in [6, 6.07) is 0. The standard InChI is InChI=1S/C9H16NOP/c1-4-9-6-5-7-12(11,8-9)10(2)3/h1,9H,5-8H2,2-3H3. The molecule has 1 fully saturated rings. The van der Waals surface area contributed by atoms with Gasteiger partial charge in [0.1, 0.15) is 0 Å². The van der Waals surface area contributed by atoms with Gasteiger partial charge in [0.2, 0.25) is 0 Å². The molecule has 0 radical (unpaired) electrons. The van der Waals surface area contributed by atoms with Gasteiger partial charge >= 0.3 is 0 Å². The van der Waals surface area contributed by atoms with E-state index in [-0.39, 0.29) is 5.92 Å². The van der Waals surface area contributed by atoms with Gasteiger partial charge in [0, 0.05) is 18.2 Å². The second-order valence-corrected chi connectivity index (χ2v) is 6.91. The van der Waals surface area contributed by atoms with Crippen molar-refractivity contribution >= 4 is 7.29 Å². The van der Waals surface area contributed by atoms with Crippen molar-refractivity contribution in [2.75, 3.05) is 26.4 Å². The van der Waals surface area contributed by atoms with Gasteiger partial charge in [-0.3, -0.25) is 4.67 Å². The van der Waals surface area contributed by atoms with E-state index in [9.17, 15) is 4.57 Å². The third-order valence-corrected chi connectivity index (χ3v) is 6.01. The predicted molar refractivity (Wildman–Crippen MR) is 52.6 cm³/mol. The number of hydrogen-bond donors (Lipinski definition) is 0. The van der Waals surface area contributed by atoms with Crippen LogP contribution in [0, 0.1) is 18.3 Å². The quantitative estimate of drug-likeness (QED) is 0.459. The lowest BCUT2D eigenvalue weighted by Crippen LogP contribution is -2.22. The topological polar surface area (TPSA) is 20.3 Å². The van der Waals surface area contributed by atoms with Gasteiger partial charge in [0.15, 0.2) is 7.29 Å². The average molecular weight is 185 g/mol. The van der Waals surface area contributed by atoms with Gasteiger partial charge in [-0.2, -0.15) is 0 Å². The van der Waals surface area contributed by atoms with Crippen LogP contribution in [0.2, 0.25) is 0 Å². The largest absolute Gasteiger partial charge is 0.307 e. The monoisotopic (exact) mass is 185 g/mol. The molecule has 0 spiro atoms. The van der Waals surface area contributed by atoms with Crippen LogP contribution in [0.15, 0.2) is 0 Å². The molecule has 1 aliphatic heterocycles. The van der Waals surface area contributed by atoms with Crippen LogP contribution in [0.1, 0.15) is 12.8 Å². The van der Waals surface area contributed by atoms with E-state index in [0.29, 0.717) is 0 Å². The first-order valence-electron chi connectivity index (χ1n) is 4.30. The molecule has 1 saturated heterocycles. The van der Waals surface area contributed by atoms with Crippen molar-refractivity contribution in [3.8, 4) is 12.3 Å². The van der Waals surface area contributed by atoms with Crippen LogP contribution in [0.4, 0.5) is 0 Å². The van der Waals surface area contributed by atoms with Crippen LogP contribution in [0.3, 0.4) is 0 Å². The highest BCUT2D eigenvalue weighted by Gasteiger charge is 2.31. The minimum absolute atomic E-state index is 0.243. The Morgan fingerprint density at radius 1 is 1.58 bits per heavy atom. The van der Waals surface area contributed by atoms with Crippen LogP contribution in [0.5, 0.6) is 0 Å². The fourth-order valence-corrected chi connectivity index (χ4v) is 4.17. The highest BCUT2D eigenvalue weighted by molar-refractivity contribution is 7.61. The average Bonchev–Trinajstić information content (AvgIpc) is 2.04. The molecule has 0 aromatic carbocycles. The van der Waals surface area contributed by atoms with E-state index in [1.165, 1.54) is 0 Å². The molecule has 0 bridgehead atoms. The third-order valence-electron chi connectivity index (χ3n) is 2.53. The van der Waals surface area contributed by atoms with Gasteiger partial charge in [-0.05, 0) is 26.9 Å². The fraction of sp³-hybridized carbons (Fsp3) is 0.778. The highest BCUT2D eigenvalue weighted by Crippen LogP contribution is 2.53. The second kappa shape index (κ2) is 3.64. The molecule has 2 unspecified atom stereocenters. The van der Waals surface area contributed by atoms with Crippen molar-refractivity contribution in [2.24, 2.45) is 5.92 Å². The molecule has 0 aromatic heterocycles. The van der Waals surface area contributed by atoms with Crippen LogP contribution < -0.4 is 0 Å². The van der Waals surface area contributed by atoms with Crippen LogP contribution in [-0.2, 0) is 4.57 Å². The van der Waals surface area contributed by atoms with Crippen molar-refractivity contribution in [2.45, 2.75) is 12.8 Å². The van der Waals surface area contributed by atoms with E-state index >= 15 is 0 Å². The first-order valence-corrected chi connectivity index (χ1v) is 6.33. The molecule has 0 saturated carbocycles. The summed E-state index contributed by atoms with van der Waals surface area (Å²) in [5.74, 6) is 2.96. The van der Waals surface area contributed by atoms with Crippen molar-refractivity contribution in [1.82, 2.24) is 4.67 Å². The zero-order chi connectivity index (χ0) is 9.19. The first kappa shape index (κ1) is 9.84. The van der Waals surface area contributed by atoms with Crippen LogP contribution >= 0.6 is 7.29 Å². The molecular weight excluding hydrogens is 169 g/mol. The summed E-state index contributed by atoms with van der Waals surface area (Å²) in [4.78, 5) is 0. The van der Waals surface area contributed by atoms with Crippen LogP contribution in [-0.4, -0.2) is 31.1 Å². The molecule has 0 aromatic rings. The molecular formula is C9H16NOP. The maximum Gasteiger partial charge on any atom is 0.151 e. The molecule has 1 aliphatic rings. The molecule has 1 heterocycles. The molecule has 68 valence electrons. The van der Waals surface area contributed by atoms with Gasteiger partial charge in [-0.15, -0.1) is 12.3 Å².